The summed E-state index contributed by atoms with van der Waals surface area (Å²) in [6.45, 7) is 0.727. The Hall–Kier alpha value is -0.730. The Balaban J connectivity index is 2.36. The van der Waals surface area contributed by atoms with E-state index in [-0.39, 0.29) is 5.41 Å². The smallest absolute Gasteiger partial charge is 0.0642 e. The van der Waals surface area contributed by atoms with Crippen molar-refractivity contribution >= 4 is 17.3 Å². The first kappa shape index (κ1) is 12.7. The fraction of sp³-hybridized carbons (Fsp3) is 0.571. The molecule has 0 aromatic heterocycles. The first-order chi connectivity index (χ1) is 8.09. The maximum absolute atomic E-state index is 6.34. The van der Waals surface area contributed by atoms with Gasteiger partial charge in [-0.1, -0.05) is 30.5 Å². The molecule has 1 aliphatic rings. The van der Waals surface area contributed by atoms with Crippen molar-refractivity contribution in [1.82, 2.24) is 0 Å². The molecule has 0 aliphatic heterocycles. The molecule has 17 heavy (non-hydrogen) atoms. The summed E-state index contributed by atoms with van der Waals surface area (Å²) in [5, 5.41) is 0.826. The molecule has 1 fully saturated rings. The van der Waals surface area contributed by atoms with E-state index in [0.29, 0.717) is 0 Å². The van der Waals surface area contributed by atoms with E-state index in [1.165, 1.54) is 31.2 Å². The third-order valence-electron chi connectivity index (χ3n) is 3.99. The molecule has 1 aromatic rings. The lowest BCUT2D eigenvalue weighted by molar-refractivity contribution is 0.453. The number of benzene rings is 1. The zero-order valence-electron chi connectivity index (χ0n) is 10.7. The van der Waals surface area contributed by atoms with Crippen LogP contribution in [0.5, 0.6) is 0 Å². The third kappa shape index (κ3) is 2.29. The number of anilines is 1. The van der Waals surface area contributed by atoms with Crippen molar-refractivity contribution in [2.24, 2.45) is 5.73 Å². The number of nitrogens with zero attached hydrogens (tertiary/aromatic N) is 1. The van der Waals surface area contributed by atoms with Crippen LogP contribution in [0.4, 0.5) is 5.69 Å². The summed E-state index contributed by atoms with van der Waals surface area (Å²) in [7, 11) is 4.02. The van der Waals surface area contributed by atoms with Crippen LogP contribution in [-0.4, -0.2) is 20.6 Å². The maximum Gasteiger partial charge on any atom is 0.0642 e. The summed E-state index contributed by atoms with van der Waals surface area (Å²) in [5.74, 6) is 0. The van der Waals surface area contributed by atoms with E-state index >= 15 is 0 Å². The predicted molar refractivity (Wildman–Crippen MR) is 75.0 cm³/mol. The van der Waals surface area contributed by atoms with Crippen molar-refractivity contribution in [1.29, 1.82) is 0 Å². The van der Waals surface area contributed by atoms with E-state index < -0.39 is 0 Å². The van der Waals surface area contributed by atoms with Gasteiger partial charge in [0.05, 0.1) is 10.7 Å². The molecule has 0 amide bonds. The van der Waals surface area contributed by atoms with E-state index in [4.69, 9.17) is 17.3 Å². The minimum absolute atomic E-state index is 0.175. The highest BCUT2D eigenvalue weighted by atomic mass is 35.5. The Morgan fingerprint density at radius 1 is 1.29 bits per heavy atom. The SMILES string of the molecule is CN(C)c1ccc(C2(CN)CCCC2)cc1Cl. The zero-order chi connectivity index (χ0) is 12.5. The minimum atomic E-state index is 0.175. The molecule has 1 saturated carbocycles. The molecule has 1 aliphatic carbocycles. The van der Waals surface area contributed by atoms with Gasteiger partial charge in [0.1, 0.15) is 0 Å². The lowest BCUT2D eigenvalue weighted by atomic mass is 9.79. The largest absolute Gasteiger partial charge is 0.376 e. The van der Waals surface area contributed by atoms with Crippen molar-refractivity contribution in [3.05, 3.63) is 28.8 Å². The van der Waals surface area contributed by atoms with Gasteiger partial charge in [-0.25, -0.2) is 0 Å². The molecule has 0 unspecified atom stereocenters. The van der Waals surface area contributed by atoms with Gasteiger partial charge in [0, 0.05) is 26.1 Å². The highest BCUT2D eigenvalue weighted by Gasteiger charge is 2.34. The third-order valence-corrected chi connectivity index (χ3v) is 4.30. The molecule has 2 N–H and O–H groups in total. The second-order valence-electron chi connectivity index (χ2n) is 5.25. The summed E-state index contributed by atoms with van der Waals surface area (Å²) in [5.41, 5.74) is 8.55. The van der Waals surface area contributed by atoms with Crippen LogP contribution in [0.1, 0.15) is 31.2 Å². The quantitative estimate of drug-likeness (QED) is 0.895. The van der Waals surface area contributed by atoms with Gasteiger partial charge in [0.25, 0.3) is 0 Å². The highest BCUT2D eigenvalue weighted by Crippen LogP contribution is 2.42. The maximum atomic E-state index is 6.34. The van der Waals surface area contributed by atoms with Gasteiger partial charge in [-0.2, -0.15) is 0 Å². The Bertz CT molecular complexity index is 395. The number of rotatable bonds is 3. The molecular formula is C14H21ClN2. The van der Waals surface area contributed by atoms with Crippen molar-refractivity contribution < 1.29 is 0 Å². The number of nitrogens with two attached hydrogens (primary N) is 1. The molecule has 0 atom stereocenters. The van der Waals surface area contributed by atoms with Gasteiger partial charge in [-0.3, -0.25) is 0 Å². The molecule has 0 spiro atoms. The molecular weight excluding hydrogens is 232 g/mol. The Kier molecular flexibility index (Phi) is 3.64. The second-order valence-corrected chi connectivity index (χ2v) is 5.66. The minimum Gasteiger partial charge on any atom is -0.376 e. The van der Waals surface area contributed by atoms with Crippen LogP contribution in [0, 0.1) is 0 Å². The molecule has 3 heteroatoms. The van der Waals surface area contributed by atoms with Crippen LogP contribution in [0.15, 0.2) is 18.2 Å². The van der Waals surface area contributed by atoms with Gasteiger partial charge in [-0.05, 0) is 30.5 Å². The van der Waals surface area contributed by atoms with Gasteiger partial charge < -0.3 is 10.6 Å². The van der Waals surface area contributed by atoms with Crippen molar-refractivity contribution in [2.45, 2.75) is 31.1 Å². The van der Waals surface area contributed by atoms with Crippen LogP contribution in [0.3, 0.4) is 0 Å². The monoisotopic (exact) mass is 252 g/mol. The normalized spacial score (nSPS) is 18.4. The van der Waals surface area contributed by atoms with E-state index in [2.05, 4.69) is 18.2 Å². The standard InChI is InChI=1S/C14H21ClN2/c1-17(2)13-6-5-11(9-12(13)15)14(10-16)7-3-4-8-14/h5-6,9H,3-4,7-8,10,16H2,1-2H3. The summed E-state index contributed by atoms with van der Waals surface area (Å²) in [6, 6.07) is 6.40. The highest BCUT2D eigenvalue weighted by molar-refractivity contribution is 6.33. The molecule has 0 heterocycles. The van der Waals surface area contributed by atoms with Gasteiger partial charge in [0.15, 0.2) is 0 Å². The van der Waals surface area contributed by atoms with Crippen molar-refractivity contribution in [3.8, 4) is 0 Å². The fourth-order valence-electron chi connectivity index (χ4n) is 2.86. The second kappa shape index (κ2) is 4.87. The number of hydrogen-bond donors (Lipinski definition) is 1. The fourth-order valence-corrected chi connectivity index (χ4v) is 3.21. The van der Waals surface area contributed by atoms with Crippen molar-refractivity contribution in [3.63, 3.8) is 0 Å². The molecule has 94 valence electrons. The Morgan fingerprint density at radius 2 is 1.94 bits per heavy atom. The van der Waals surface area contributed by atoms with Gasteiger partial charge in [-0.15, -0.1) is 0 Å². The topological polar surface area (TPSA) is 29.3 Å². The van der Waals surface area contributed by atoms with Gasteiger partial charge in [0.2, 0.25) is 0 Å². The molecule has 2 nitrogen and oxygen atoms in total. The molecule has 0 bridgehead atoms. The van der Waals surface area contributed by atoms with E-state index in [1.807, 2.05) is 19.0 Å². The Labute approximate surface area is 109 Å². The summed E-state index contributed by atoms with van der Waals surface area (Å²) in [6.07, 6.45) is 4.96. The number of hydrogen-bond acceptors (Lipinski definition) is 2. The summed E-state index contributed by atoms with van der Waals surface area (Å²) < 4.78 is 0. The summed E-state index contributed by atoms with van der Waals surface area (Å²) >= 11 is 6.34. The molecule has 2 rings (SSSR count). The molecule has 0 radical (unpaired) electrons. The predicted octanol–water partition coefficient (Wildman–Crippen LogP) is 3.18. The molecule has 0 saturated heterocycles. The zero-order valence-corrected chi connectivity index (χ0v) is 11.4. The number of halogens is 1. The molecule has 1 aromatic carbocycles. The van der Waals surface area contributed by atoms with Gasteiger partial charge >= 0.3 is 0 Å². The average molecular weight is 253 g/mol. The first-order valence-corrected chi connectivity index (χ1v) is 6.64. The lowest BCUT2D eigenvalue weighted by Gasteiger charge is -2.29. The average Bonchev–Trinajstić information content (AvgIpc) is 2.78. The Morgan fingerprint density at radius 3 is 2.41 bits per heavy atom. The lowest BCUT2D eigenvalue weighted by Crippen LogP contribution is -2.32. The van der Waals surface area contributed by atoms with Crippen LogP contribution in [-0.2, 0) is 5.41 Å². The van der Waals surface area contributed by atoms with Crippen LogP contribution in [0.2, 0.25) is 5.02 Å². The summed E-state index contributed by atoms with van der Waals surface area (Å²) in [4.78, 5) is 2.04. The first-order valence-electron chi connectivity index (χ1n) is 6.26. The van der Waals surface area contributed by atoms with E-state index in [0.717, 1.165) is 17.3 Å². The van der Waals surface area contributed by atoms with E-state index in [1.54, 1.807) is 0 Å². The van der Waals surface area contributed by atoms with Crippen molar-refractivity contribution in [2.75, 3.05) is 25.5 Å². The van der Waals surface area contributed by atoms with Crippen LogP contribution >= 0.6 is 11.6 Å². The van der Waals surface area contributed by atoms with Crippen LogP contribution < -0.4 is 10.6 Å². The van der Waals surface area contributed by atoms with E-state index in [9.17, 15) is 0 Å². The van der Waals surface area contributed by atoms with Crippen LogP contribution in [0.25, 0.3) is 0 Å².